The molecule has 6 nitrogen and oxygen atoms in total. The van der Waals surface area contributed by atoms with E-state index in [1.165, 1.54) is 11.8 Å². The molecule has 1 aromatic heterocycles. The number of carbonyl (C=O) groups is 3. The zero-order chi connectivity index (χ0) is 22.9. The standard InChI is InChI=1S/C25H25NO5S/c1-3-18-10-12-19(13-11-18)24(28)17(2)31-25(29)21-8-4-5-9-22(21)32-16-23(27)26-15-20-7-6-14-30-20/h4-14,17H,3,15-16H2,1-2H3,(H,26,27)/t17-/m1/s1. The van der Waals surface area contributed by atoms with Gasteiger partial charge in [-0.05, 0) is 43.2 Å². The molecule has 0 saturated heterocycles. The van der Waals surface area contributed by atoms with Gasteiger partial charge in [-0.2, -0.15) is 0 Å². The van der Waals surface area contributed by atoms with Crippen LogP contribution in [-0.2, 0) is 22.5 Å². The van der Waals surface area contributed by atoms with Gasteiger partial charge < -0.3 is 14.5 Å². The Morgan fingerprint density at radius 2 is 1.78 bits per heavy atom. The molecule has 0 unspecified atom stereocenters. The number of hydrogen-bond acceptors (Lipinski definition) is 6. The Labute approximate surface area is 191 Å². The highest BCUT2D eigenvalue weighted by molar-refractivity contribution is 8.00. The Morgan fingerprint density at radius 1 is 1.03 bits per heavy atom. The number of carbonyl (C=O) groups excluding carboxylic acids is 3. The summed E-state index contributed by atoms with van der Waals surface area (Å²) in [6.45, 7) is 3.90. The van der Waals surface area contributed by atoms with E-state index in [4.69, 9.17) is 9.15 Å². The summed E-state index contributed by atoms with van der Waals surface area (Å²) in [5.41, 5.74) is 1.95. The van der Waals surface area contributed by atoms with Crippen LogP contribution in [0.5, 0.6) is 0 Å². The number of Topliss-reactive ketones (excluding diaryl/α,β-unsaturated/α-hetero) is 1. The highest BCUT2D eigenvalue weighted by Gasteiger charge is 2.22. The van der Waals surface area contributed by atoms with Gasteiger partial charge in [-0.3, -0.25) is 9.59 Å². The number of hydrogen-bond donors (Lipinski definition) is 1. The maximum absolute atomic E-state index is 12.7. The zero-order valence-corrected chi connectivity index (χ0v) is 18.8. The van der Waals surface area contributed by atoms with Crippen molar-refractivity contribution in [3.05, 3.63) is 89.4 Å². The van der Waals surface area contributed by atoms with E-state index in [0.717, 1.165) is 12.0 Å². The number of nitrogens with one attached hydrogen (secondary N) is 1. The van der Waals surface area contributed by atoms with E-state index in [1.54, 1.807) is 61.7 Å². The lowest BCUT2D eigenvalue weighted by atomic mass is 10.0. The lowest BCUT2D eigenvalue weighted by Gasteiger charge is -2.14. The minimum absolute atomic E-state index is 0.128. The number of furan rings is 1. The molecule has 0 aliphatic rings. The van der Waals surface area contributed by atoms with Crippen molar-refractivity contribution in [3.63, 3.8) is 0 Å². The van der Waals surface area contributed by atoms with E-state index in [0.29, 0.717) is 28.3 Å². The Bertz CT molecular complexity index is 1060. The van der Waals surface area contributed by atoms with Crippen molar-refractivity contribution in [1.82, 2.24) is 5.32 Å². The monoisotopic (exact) mass is 451 g/mol. The first kappa shape index (κ1) is 23.3. The number of esters is 1. The van der Waals surface area contributed by atoms with Gasteiger partial charge in [0.25, 0.3) is 0 Å². The van der Waals surface area contributed by atoms with Crippen LogP contribution in [0.1, 0.15) is 45.9 Å². The van der Waals surface area contributed by atoms with Crippen LogP contribution in [0.2, 0.25) is 0 Å². The first-order valence-electron chi connectivity index (χ1n) is 10.3. The van der Waals surface area contributed by atoms with Crippen LogP contribution < -0.4 is 5.32 Å². The summed E-state index contributed by atoms with van der Waals surface area (Å²) in [6, 6.07) is 17.7. The van der Waals surface area contributed by atoms with Gasteiger partial charge in [-0.1, -0.05) is 43.3 Å². The van der Waals surface area contributed by atoms with Crippen LogP contribution in [0, 0.1) is 0 Å². The topological polar surface area (TPSA) is 85.6 Å². The second-order valence-electron chi connectivity index (χ2n) is 7.10. The summed E-state index contributed by atoms with van der Waals surface area (Å²) < 4.78 is 10.6. The average molecular weight is 452 g/mol. The predicted octanol–water partition coefficient (Wildman–Crippen LogP) is 4.68. The normalized spacial score (nSPS) is 11.6. The maximum atomic E-state index is 12.7. The first-order valence-corrected chi connectivity index (χ1v) is 11.3. The number of ketones is 1. The lowest BCUT2D eigenvalue weighted by molar-refractivity contribution is -0.118. The zero-order valence-electron chi connectivity index (χ0n) is 18.0. The van der Waals surface area contributed by atoms with Crippen molar-refractivity contribution in [1.29, 1.82) is 0 Å². The number of thioether (sulfide) groups is 1. The largest absolute Gasteiger partial charge is 0.467 e. The molecule has 2 aromatic carbocycles. The third-order valence-corrected chi connectivity index (χ3v) is 5.88. The molecule has 166 valence electrons. The second kappa shape index (κ2) is 11.3. The van der Waals surface area contributed by atoms with Crippen LogP contribution >= 0.6 is 11.8 Å². The SMILES string of the molecule is CCc1ccc(C(=O)[C@@H](C)OC(=O)c2ccccc2SCC(=O)NCc2ccco2)cc1. The molecule has 0 saturated carbocycles. The number of benzene rings is 2. The first-order chi connectivity index (χ1) is 15.5. The van der Waals surface area contributed by atoms with E-state index in [-0.39, 0.29) is 17.4 Å². The third-order valence-electron chi connectivity index (χ3n) is 4.81. The van der Waals surface area contributed by atoms with Crippen molar-refractivity contribution < 1.29 is 23.5 Å². The Morgan fingerprint density at radius 3 is 2.47 bits per heavy atom. The highest BCUT2D eigenvalue weighted by atomic mass is 32.2. The number of amides is 1. The minimum Gasteiger partial charge on any atom is -0.467 e. The quantitative estimate of drug-likeness (QED) is 0.274. The fourth-order valence-electron chi connectivity index (χ4n) is 2.97. The second-order valence-corrected chi connectivity index (χ2v) is 8.12. The van der Waals surface area contributed by atoms with Crippen LogP contribution in [-0.4, -0.2) is 29.5 Å². The van der Waals surface area contributed by atoms with Gasteiger partial charge in [0, 0.05) is 10.5 Å². The highest BCUT2D eigenvalue weighted by Crippen LogP contribution is 2.24. The summed E-state index contributed by atoms with van der Waals surface area (Å²) in [7, 11) is 0. The summed E-state index contributed by atoms with van der Waals surface area (Å²) in [6.07, 6.45) is 1.50. The summed E-state index contributed by atoms with van der Waals surface area (Å²) in [4.78, 5) is 38.1. The van der Waals surface area contributed by atoms with Gasteiger partial charge in [0.05, 0.1) is 24.1 Å². The molecule has 1 amide bonds. The van der Waals surface area contributed by atoms with Crippen molar-refractivity contribution in [2.45, 2.75) is 37.8 Å². The van der Waals surface area contributed by atoms with E-state index in [9.17, 15) is 14.4 Å². The summed E-state index contributed by atoms with van der Waals surface area (Å²) in [5, 5.41) is 2.76. The van der Waals surface area contributed by atoms with E-state index in [1.807, 2.05) is 19.1 Å². The molecule has 0 aliphatic carbocycles. The molecule has 1 heterocycles. The average Bonchev–Trinajstić information content (AvgIpc) is 3.35. The van der Waals surface area contributed by atoms with Crippen LogP contribution in [0.15, 0.2) is 76.2 Å². The van der Waals surface area contributed by atoms with Crippen LogP contribution in [0.3, 0.4) is 0 Å². The molecule has 1 N–H and O–H groups in total. The fraction of sp³-hybridized carbons (Fsp3) is 0.240. The van der Waals surface area contributed by atoms with Gasteiger partial charge >= 0.3 is 5.97 Å². The molecule has 0 bridgehead atoms. The van der Waals surface area contributed by atoms with E-state index >= 15 is 0 Å². The summed E-state index contributed by atoms with van der Waals surface area (Å²) in [5.74, 6) is -0.258. The Hall–Kier alpha value is -3.32. The van der Waals surface area contributed by atoms with Crippen molar-refractivity contribution in [3.8, 4) is 0 Å². The molecular formula is C25H25NO5S. The smallest absolute Gasteiger partial charge is 0.339 e. The van der Waals surface area contributed by atoms with Gasteiger partial charge in [0.15, 0.2) is 6.10 Å². The Kier molecular flexibility index (Phi) is 8.27. The third kappa shape index (κ3) is 6.34. The molecule has 0 spiro atoms. The number of aryl methyl sites for hydroxylation is 1. The molecule has 0 radical (unpaired) electrons. The molecular weight excluding hydrogens is 426 g/mol. The fourth-order valence-corrected chi connectivity index (χ4v) is 3.84. The van der Waals surface area contributed by atoms with E-state index < -0.39 is 12.1 Å². The Balaban J connectivity index is 1.57. The minimum atomic E-state index is -0.926. The molecule has 1 atom stereocenters. The van der Waals surface area contributed by atoms with Crippen LogP contribution in [0.4, 0.5) is 0 Å². The number of rotatable bonds is 10. The van der Waals surface area contributed by atoms with Crippen molar-refractivity contribution in [2.75, 3.05) is 5.75 Å². The van der Waals surface area contributed by atoms with E-state index in [2.05, 4.69) is 5.32 Å². The summed E-state index contributed by atoms with van der Waals surface area (Å²) >= 11 is 1.23. The molecule has 3 rings (SSSR count). The van der Waals surface area contributed by atoms with Crippen molar-refractivity contribution in [2.24, 2.45) is 0 Å². The predicted molar refractivity (Wildman–Crippen MR) is 123 cm³/mol. The lowest BCUT2D eigenvalue weighted by Crippen LogP contribution is -2.25. The van der Waals surface area contributed by atoms with Gasteiger partial charge in [0.2, 0.25) is 11.7 Å². The van der Waals surface area contributed by atoms with Crippen LogP contribution in [0.25, 0.3) is 0 Å². The molecule has 0 fully saturated rings. The molecule has 32 heavy (non-hydrogen) atoms. The van der Waals surface area contributed by atoms with Crippen molar-refractivity contribution >= 4 is 29.4 Å². The van der Waals surface area contributed by atoms with Gasteiger partial charge in [0.1, 0.15) is 5.76 Å². The molecule has 0 aliphatic heterocycles. The van der Waals surface area contributed by atoms with Gasteiger partial charge in [-0.25, -0.2) is 4.79 Å². The molecule has 7 heteroatoms. The molecule has 3 aromatic rings. The maximum Gasteiger partial charge on any atom is 0.339 e. The van der Waals surface area contributed by atoms with Gasteiger partial charge in [-0.15, -0.1) is 11.8 Å². The number of ether oxygens (including phenoxy) is 1.